The molecular formula is C11H5F7O3. The number of alkyl halides is 6. The van der Waals surface area contributed by atoms with Crippen molar-refractivity contribution >= 4 is 11.8 Å². The second-order valence-corrected chi connectivity index (χ2v) is 3.87. The van der Waals surface area contributed by atoms with E-state index < -0.39 is 40.9 Å². The molecule has 0 aliphatic carbocycles. The topological polar surface area (TPSA) is 54.4 Å². The van der Waals surface area contributed by atoms with Gasteiger partial charge >= 0.3 is 23.7 Å². The maximum atomic E-state index is 13.3. The molecule has 0 atom stereocenters. The Hall–Kier alpha value is -2.13. The number of hydrogen-bond donors (Lipinski definition) is 1. The van der Waals surface area contributed by atoms with Crippen LogP contribution in [0.3, 0.4) is 0 Å². The molecule has 1 aromatic rings. The Morgan fingerprint density at radius 2 is 1.48 bits per heavy atom. The van der Waals surface area contributed by atoms with E-state index in [-0.39, 0.29) is 6.07 Å². The van der Waals surface area contributed by atoms with Crippen molar-refractivity contribution in [3.8, 4) is 0 Å². The van der Waals surface area contributed by atoms with Gasteiger partial charge in [-0.1, -0.05) is 12.1 Å². The number of carboxylic acid groups (broad SMARTS) is 1. The van der Waals surface area contributed by atoms with Crippen molar-refractivity contribution in [3.63, 3.8) is 0 Å². The number of rotatable bonds is 5. The normalized spacial score (nSPS) is 13.1. The lowest BCUT2D eigenvalue weighted by Crippen LogP contribution is -2.60. The van der Waals surface area contributed by atoms with E-state index in [0.717, 1.165) is 0 Å². The number of carbonyl (C=O) groups excluding carboxylic acids is 1. The predicted octanol–water partition coefficient (Wildman–Crippen LogP) is 3.00. The van der Waals surface area contributed by atoms with Crippen LogP contribution in [0.1, 0.15) is 10.4 Å². The summed E-state index contributed by atoms with van der Waals surface area (Å²) in [5.41, 5.74) is -1.30. The van der Waals surface area contributed by atoms with E-state index >= 15 is 0 Å². The van der Waals surface area contributed by atoms with Crippen LogP contribution < -0.4 is 0 Å². The van der Waals surface area contributed by atoms with Crippen LogP contribution in [0.15, 0.2) is 24.3 Å². The Kier molecular flexibility index (Phi) is 4.04. The van der Waals surface area contributed by atoms with Crippen LogP contribution in [0.25, 0.3) is 0 Å². The molecule has 0 aliphatic heterocycles. The van der Waals surface area contributed by atoms with Crippen molar-refractivity contribution in [1.29, 1.82) is 0 Å². The highest BCUT2D eigenvalue weighted by Gasteiger charge is 2.78. The summed E-state index contributed by atoms with van der Waals surface area (Å²) in [4.78, 5) is 21.2. The highest BCUT2D eigenvalue weighted by Crippen LogP contribution is 2.47. The molecule has 0 saturated carbocycles. The molecule has 10 heteroatoms. The van der Waals surface area contributed by atoms with Crippen LogP contribution in [-0.2, 0) is 4.79 Å². The van der Waals surface area contributed by atoms with E-state index in [2.05, 4.69) is 0 Å². The second-order valence-electron chi connectivity index (χ2n) is 3.87. The Balaban J connectivity index is 3.33. The average molecular weight is 318 g/mol. The van der Waals surface area contributed by atoms with Crippen molar-refractivity contribution in [1.82, 2.24) is 0 Å². The molecule has 0 fully saturated rings. The quantitative estimate of drug-likeness (QED) is 0.671. The zero-order valence-electron chi connectivity index (χ0n) is 9.72. The fourth-order valence-corrected chi connectivity index (χ4v) is 1.29. The molecule has 1 rings (SSSR count). The molecule has 0 amide bonds. The summed E-state index contributed by atoms with van der Waals surface area (Å²) in [6.07, 6.45) is 0. The van der Waals surface area contributed by atoms with Crippen LogP contribution >= 0.6 is 0 Å². The zero-order chi connectivity index (χ0) is 16.6. The SMILES string of the molecule is O=C(O)C(F)(F)C(F)(F)C(F)(F)C(=O)c1cccc(F)c1. The van der Waals surface area contributed by atoms with Gasteiger partial charge < -0.3 is 5.11 Å². The number of ketones is 1. The van der Waals surface area contributed by atoms with Gasteiger partial charge in [0.05, 0.1) is 0 Å². The summed E-state index contributed by atoms with van der Waals surface area (Å²) in [6.45, 7) is 0. The van der Waals surface area contributed by atoms with Gasteiger partial charge in [0, 0.05) is 5.56 Å². The lowest BCUT2D eigenvalue weighted by atomic mass is 9.96. The fraction of sp³-hybridized carbons (Fsp3) is 0.273. The summed E-state index contributed by atoms with van der Waals surface area (Å²) in [5, 5.41) is 7.90. The van der Waals surface area contributed by atoms with Crippen LogP contribution in [0.4, 0.5) is 30.7 Å². The number of hydrogen-bond acceptors (Lipinski definition) is 2. The first-order valence-electron chi connectivity index (χ1n) is 5.03. The van der Waals surface area contributed by atoms with Crippen LogP contribution in [-0.4, -0.2) is 34.6 Å². The maximum absolute atomic E-state index is 13.3. The molecule has 0 spiro atoms. The Bertz CT molecular complexity index is 583. The average Bonchev–Trinajstić information content (AvgIpc) is 2.37. The van der Waals surface area contributed by atoms with Crippen molar-refractivity contribution in [2.75, 3.05) is 0 Å². The minimum absolute atomic E-state index is 0.130. The first-order valence-corrected chi connectivity index (χ1v) is 5.03. The van der Waals surface area contributed by atoms with Crippen LogP contribution in [0.2, 0.25) is 0 Å². The lowest BCUT2D eigenvalue weighted by Gasteiger charge is -2.29. The third-order valence-corrected chi connectivity index (χ3v) is 2.43. The Morgan fingerprint density at radius 3 is 1.90 bits per heavy atom. The molecule has 0 radical (unpaired) electrons. The van der Waals surface area contributed by atoms with Gasteiger partial charge in [-0.2, -0.15) is 26.3 Å². The lowest BCUT2D eigenvalue weighted by molar-refractivity contribution is -0.285. The summed E-state index contributed by atoms with van der Waals surface area (Å²) in [6, 6.07) is 2.03. The van der Waals surface area contributed by atoms with Gasteiger partial charge in [-0.05, 0) is 12.1 Å². The van der Waals surface area contributed by atoms with Gasteiger partial charge in [0.25, 0.3) is 0 Å². The molecule has 0 aromatic heterocycles. The number of carbonyl (C=O) groups is 2. The van der Waals surface area contributed by atoms with Gasteiger partial charge in [-0.15, -0.1) is 0 Å². The van der Waals surface area contributed by atoms with Crippen molar-refractivity contribution < 1.29 is 45.4 Å². The molecular weight excluding hydrogens is 313 g/mol. The van der Waals surface area contributed by atoms with E-state index in [1.54, 1.807) is 0 Å². The maximum Gasteiger partial charge on any atom is 0.411 e. The smallest absolute Gasteiger partial charge is 0.411 e. The van der Waals surface area contributed by atoms with E-state index in [9.17, 15) is 40.3 Å². The number of Topliss-reactive ketones (excluding diaryl/α,β-unsaturated/α-hetero) is 1. The van der Waals surface area contributed by atoms with Gasteiger partial charge in [0.15, 0.2) is 0 Å². The molecule has 3 nitrogen and oxygen atoms in total. The first kappa shape index (κ1) is 16.9. The second kappa shape index (κ2) is 5.01. The summed E-state index contributed by atoms with van der Waals surface area (Å²) >= 11 is 0. The monoisotopic (exact) mass is 318 g/mol. The third kappa shape index (κ3) is 2.57. The Labute approximate surface area is 112 Å². The highest BCUT2D eigenvalue weighted by atomic mass is 19.3. The molecule has 0 saturated heterocycles. The van der Waals surface area contributed by atoms with Crippen LogP contribution in [0, 0.1) is 5.82 Å². The molecule has 0 bridgehead atoms. The fourth-order valence-electron chi connectivity index (χ4n) is 1.29. The van der Waals surface area contributed by atoms with Gasteiger partial charge in [-0.25, -0.2) is 9.18 Å². The molecule has 116 valence electrons. The van der Waals surface area contributed by atoms with Gasteiger partial charge in [0.1, 0.15) is 5.82 Å². The molecule has 1 aromatic carbocycles. The summed E-state index contributed by atoms with van der Waals surface area (Å²) in [5.74, 6) is -26.4. The van der Waals surface area contributed by atoms with Gasteiger partial charge in [-0.3, -0.25) is 4.79 Å². The van der Waals surface area contributed by atoms with Crippen molar-refractivity contribution in [2.45, 2.75) is 17.8 Å². The molecule has 1 N–H and O–H groups in total. The largest absolute Gasteiger partial charge is 0.477 e. The number of carboxylic acids is 1. The molecule has 21 heavy (non-hydrogen) atoms. The molecule has 0 aliphatic rings. The zero-order valence-corrected chi connectivity index (χ0v) is 9.72. The first-order chi connectivity index (χ1) is 9.35. The summed E-state index contributed by atoms with van der Waals surface area (Å²) in [7, 11) is 0. The molecule has 0 unspecified atom stereocenters. The number of aliphatic carboxylic acids is 1. The third-order valence-electron chi connectivity index (χ3n) is 2.43. The summed E-state index contributed by atoms with van der Waals surface area (Å²) < 4.78 is 90.9. The van der Waals surface area contributed by atoms with E-state index in [4.69, 9.17) is 5.11 Å². The van der Waals surface area contributed by atoms with Gasteiger partial charge in [0.2, 0.25) is 5.78 Å². The number of benzene rings is 1. The van der Waals surface area contributed by atoms with E-state index in [1.165, 1.54) is 0 Å². The van der Waals surface area contributed by atoms with Crippen molar-refractivity contribution in [2.24, 2.45) is 0 Å². The predicted molar refractivity (Wildman–Crippen MR) is 53.2 cm³/mol. The van der Waals surface area contributed by atoms with Crippen LogP contribution in [0.5, 0.6) is 0 Å². The highest BCUT2D eigenvalue weighted by molar-refractivity contribution is 6.02. The standard InChI is InChI=1S/C11H5F7O3/c12-6-3-1-2-5(4-6)7(19)9(13,14)11(17,18)10(15,16)8(20)21/h1-4H,(H,20,21). The van der Waals surface area contributed by atoms with E-state index in [1.807, 2.05) is 0 Å². The Morgan fingerprint density at radius 1 is 0.952 bits per heavy atom. The van der Waals surface area contributed by atoms with Crippen molar-refractivity contribution in [3.05, 3.63) is 35.6 Å². The van der Waals surface area contributed by atoms with E-state index in [0.29, 0.717) is 18.2 Å². The minimum atomic E-state index is -6.50. The minimum Gasteiger partial charge on any atom is -0.477 e. The molecule has 0 heterocycles. The number of halogens is 7.